The van der Waals surface area contributed by atoms with E-state index in [4.69, 9.17) is 0 Å². The zero-order chi connectivity index (χ0) is 24.5. The lowest BCUT2D eigenvalue weighted by Crippen LogP contribution is -2.34. The molecule has 1 heterocycles. The molecule has 4 atom stereocenters. The van der Waals surface area contributed by atoms with Gasteiger partial charge < -0.3 is 9.47 Å². The largest absolute Gasteiger partial charge is 0.337 e. The molecule has 1 fully saturated rings. The van der Waals surface area contributed by atoms with Crippen LogP contribution in [0.1, 0.15) is 55.6 Å². The van der Waals surface area contributed by atoms with Gasteiger partial charge in [-0.25, -0.2) is 18.3 Å². The second kappa shape index (κ2) is 10.0. The van der Waals surface area contributed by atoms with E-state index in [2.05, 4.69) is 28.8 Å². The van der Waals surface area contributed by atoms with Crippen LogP contribution in [0.2, 0.25) is 0 Å². The summed E-state index contributed by atoms with van der Waals surface area (Å²) in [4.78, 5) is 20.0. The van der Waals surface area contributed by atoms with Gasteiger partial charge in [-0.1, -0.05) is 31.5 Å². The highest BCUT2D eigenvalue weighted by Crippen LogP contribution is 2.43. The number of benzene rings is 2. The first-order chi connectivity index (χ1) is 17.0. The number of carbonyl (C=O) groups excluding carboxylic acids is 1. The Hall–Kier alpha value is -2.84. The van der Waals surface area contributed by atoms with Crippen molar-refractivity contribution >= 4 is 22.6 Å². The summed E-state index contributed by atoms with van der Waals surface area (Å²) in [5.74, 6) is 0.973. The SMILES string of the molecule is CC[C@H]1C[C@@H]1C(=O)N(Cc1nccn1C)c1ccc2c(c1)C(NS(=O)c1ccccc1F)CCC2. The van der Waals surface area contributed by atoms with Crippen molar-refractivity contribution in [3.63, 3.8) is 0 Å². The van der Waals surface area contributed by atoms with E-state index >= 15 is 0 Å². The van der Waals surface area contributed by atoms with E-state index in [1.165, 1.54) is 11.6 Å². The van der Waals surface area contributed by atoms with Gasteiger partial charge in [-0.2, -0.15) is 0 Å². The normalized spacial score (nSPS) is 21.9. The van der Waals surface area contributed by atoms with E-state index in [9.17, 15) is 13.4 Å². The fourth-order valence-corrected chi connectivity index (χ4v) is 6.13. The van der Waals surface area contributed by atoms with Crippen LogP contribution < -0.4 is 9.62 Å². The minimum absolute atomic E-state index is 0.0544. The molecule has 1 N–H and O–H groups in total. The molecule has 2 unspecified atom stereocenters. The van der Waals surface area contributed by atoms with Gasteiger partial charge >= 0.3 is 0 Å². The monoisotopic (exact) mass is 494 g/mol. The number of nitrogens with zero attached hydrogens (tertiary/aromatic N) is 3. The summed E-state index contributed by atoms with van der Waals surface area (Å²) in [7, 11) is 0.255. The minimum Gasteiger partial charge on any atom is -0.337 e. The van der Waals surface area contributed by atoms with Crippen molar-refractivity contribution in [3.8, 4) is 0 Å². The molecule has 0 spiro atoms. The Morgan fingerprint density at radius 3 is 2.83 bits per heavy atom. The van der Waals surface area contributed by atoms with Crippen molar-refractivity contribution in [1.82, 2.24) is 14.3 Å². The summed E-state index contributed by atoms with van der Waals surface area (Å²) in [5.41, 5.74) is 3.02. The molecule has 1 amide bonds. The summed E-state index contributed by atoms with van der Waals surface area (Å²) in [6, 6.07) is 12.1. The number of amides is 1. The number of nitrogens with one attached hydrogen (secondary N) is 1. The highest BCUT2D eigenvalue weighted by molar-refractivity contribution is 7.83. The summed E-state index contributed by atoms with van der Waals surface area (Å²) < 4.78 is 32.3. The topological polar surface area (TPSA) is 67.2 Å². The van der Waals surface area contributed by atoms with Gasteiger partial charge in [0.1, 0.15) is 22.6 Å². The number of hydrogen-bond acceptors (Lipinski definition) is 3. The van der Waals surface area contributed by atoms with E-state index in [1.54, 1.807) is 24.4 Å². The van der Waals surface area contributed by atoms with Gasteiger partial charge in [-0.15, -0.1) is 0 Å². The second-order valence-electron chi connectivity index (χ2n) is 9.53. The maximum atomic E-state index is 14.2. The molecule has 6 nitrogen and oxygen atoms in total. The van der Waals surface area contributed by atoms with Gasteiger partial charge in [-0.05, 0) is 67.0 Å². The predicted octanol–water partition coefficient (Wildman–Crippen LogP) is 4.83. The Bertz CT molecular complexity index is 1260. The van der Waals surface area contributed by atoms with Gasteiger partial charge in [0.25, 0.3) is 0 Å². The number of carbonyl (C=O) groups is 1. The smallest absolute Gasteiger partial charge is 0.230 e. The molecule has 3 aromatic rings. The van der Waals surface area contributed by atoms with E-state index in [-0.39, 0.29) is 22.8 Å². The van der Waals surface area contributed by atoms with Crippen molar-refractivity contribution in [2.45, 2.75) is 56.5 Å². The lowest BCUT2D eigenvalue weighted by atomic mass is 9.87. The zero-order valence-corrected chi connectivity index (χ0v) is 20.9. The average Bonchev–Trinajstić information content (AvgIpc) is 3.55. The lowest BCUT2D eigenvalue weighted by Gasteiger charge is -2.29. The average molecular weight is 495 g/mol. The van der Waals surface area contributed by atoms with Crippen molar-refractivity contribution in [2.75, 3.05) is 4.90 Å². The number of rotatable bonds is 8. The first kappa shape index (κ1) is 23.9. The number of imidazole rings is 1. The maximum Gasteiger partial charge on any atom is 0.230 e. The van der Waals surface area contributed by atoms with Crippen molar-refractivity contribution in [3.05, 3.63) is 77.6 Å². The predicted molar refractivity (Wildman–Crippen MR) is 134 cm³/mol. The minimum atomic E-state index is -1.68. The molecule has 0 aliphatic heterocycles. The number of fused-ring (bicyclic) bond motifs is 1. The van der Waals surface area contributed by atoms with Crippen LogP contribution in [0.25, 0.3) is 0 Å². The van der Waals surface area contributed by atoms with Crippen LogP contribution >= 0.6 is 0 Å². The third-order valence-corrected chi connectivity index (χ3v) is 8.52. The Morgan fingerprint density at radius 2 is 2.11 bits per heavy atom. The molecular formula is C27H31FN4O2S. The Kier molecular flexibility index (Phi) is 6.84. The highest BCUT2D eigenvalue weighted by atomic mass is 32.2. The fraction of sp³-hybridized carbons (Fsp3) is 0.407. The van der Waals surface area contributed by atoms with Crippen molar-refractivity contribution in [1.29, 1.82) is 0 Å². The molecule has 0 saturated heterocycles. The van der Waals surface area contributed by atoms with Crippen LogP contribution in [0.5, 0.6) is 0 Å². The third-order valence-electron chi connectivity index (χ3n) is 7.29. The molecule has 2 aliphatic carbocycles. The number of halogens is 1. The molecule has 8 heteroatoms. The molecule has 0 bridgehead atoms. The second-order valence-corrected chi connectivity index (χ2v) is 10.7. The standard InChI is InChI=1S/C27H31FN4O2S/c1-3-18-15-22(18)27(33)32(17-26-29-13-14-31(26)2)20-12-11-19-7-6-9-24(21(19)16-20)30-35(34)25-10-5-4-8-23(25)28/h4-5,8,10-14,16,18,22,24,30H,3,6-7,9,15,17H2,1-2H3/t18-,22-,24?,35?/m0/s1. The number of hydrogen-bond donors (Lipinski definition) is 1. The molecule has 2 aliphatic rings. The number of aryl methyl sites for hydroxylation is 2. The molecule has 1 saturated carbocycles. The molecule has 1 aromatic heterocycles. The quantitative estimate of drug-likeness (QED) is 0.488. The van der Waals surface area contributed by atoms with Crippen LogP contribution in [0.4, 0.5) is 10.1 Å². The van der Waals surface area contributed by atoms with Crippen LogP contribution in [0.15, 0.2) is 59.8 Å². The zero-order valence-electron chi connectivity index (χ0n) is 20.1. The maximum absolute atomic E-state index is 14.2. The van der Waals surface area contributed by atoms with Crippen LogP contribution in [-0.2, 0) is 35.8 Å². The summed E-state index contributed by atoms with van der Waals surface area (Å²) in [6.07, 6.45) is 8.24. The molecule has 35 heavy (non-hydrogen) atoms. The molecule has 0 radical (unpaired) electrons. The van der Waals surface area contributed by atoms with Gasteiger partial charge in [0.2, 0.25) is 5.91 Å². The third kappa shape index (κ3) is 4.95. The highest BCUT2D eigenvalue weighted by Gasteiger charge is 2.44. The van der Waals surface area contributed by atoms with Gasteiger partial charge in [-0.3, -0.25) is 4.79 Å². The fourth-order valence-electron chi connectivity index (χ4n) is 5.05. The first-order valence-electron chi connectivity index (χ1n) is 12.3. The summed E-state index contributed by atoms with van der Waals surface area (Å²) in [6.45, 7) is 2.53. The van der Waals surface area contributed by atoms with Gasteiger partial charge in [0, 0.05) is 37.1 Å². The first-order valence-corrected chi connectivity index (χ1v) is 13.4. The Balaban J connectivity index is 1.45. The van der Waals surface area contributed by atoms with Crippen LogP contribution in [-0.4, -0.2) is 19.7 Å². The molecular weight excluding hydrogens is 463 g/mol. The number of anilines is 1. The Morgan fingerprint density at radius 1 is 1.29 bits per heavy atom. The lowest BCUT2D eigenvalue weighted by molar-refractivity contribution is -0.120. The van der Waals surface area contributed by atoms with Crippen LogP contribution in [0, 0.1) is 17.7 Å². The van der Waals surface area contributed by atoms with E-state index in [1.807, 2.05) is 28.8 Å². The molecule has 2 aromatic carbocycles. The summed E-state index contributed by atoms with van der Waals surface area (Å²) >= 11 is 0. The number of aromatic nitrogens is 2. The summed E-state index contributed by atoms with van der Waals surface area (Å²) in [5, 5.41) is 0. The van der Waals surface area contributed by atoms with E-state index < -0.39 is 16.8 Å². The van der Waals surface area contributed by atoms with E-state index in [0.29, 0.717) is 12.5 Å². The van der Waals surface area contributed by atoms with Gasteiger partial charge in [0.15, 0.2) is 0 Å². The van der Waals surface area contributed by atoms with E-state index in [0.717, 1.165) is 49.2 Å². The van der Waals surface area contributed by atoms with Crippen molar-refractivity contribution < 1.29 is 13.4 Å². The Labute approximate surface area is 208 Å². The van der Waals surface area contributed by atoms with Crippen molar-refractivity contribution in [2.24, 2.45) is 18.9 Å². The van der Waals surface area contributed by atoms with Crippen LogP contribution in [0.3, 0.4) is 0 Å². The molecule has 184 valence electrons. The van der Waals surface area contributed by atoms with Gasteiger partial charge in [0.05, 0.1) is 11.4 Å². The molecule has 5 rings (SSSR count).